The van der Waals surface area contributed by atoms with Crippen LogP contribution in [0.5, 0.6) is 0 Å². The lowest BCUT2D eigenvalue weighted by Gasteiger charge is -2.22. The van der Waals surface area contributed by atoms with Crippen LogP contribution in [0.2, 0.25) is 0 Å². The minimum absolute atomic E-state index is 0.00789. The van der Waals surface area contributed by atoms with Gasteiger partial charge in [-0.25, -0.2) is 8.42 Å². The van der Waals surface area contributed by atoms with Gasteiger partial charge in [0.05, 0.1) is 5.54 Å². The van der Waals surface area contributed by atoms with Gasteiger partial charge in [0.2, 0.25) is 10.0 Å². The molecule has 0 fully saturated rings. The first kappa shape index (κ1) is 16.3. The summed E-state index contributed by atoms with van der Waals surface area (Å²) >= 11 is 0. The van der Waals surface area contributed by atoms with Crippen molar-refractivity contribution < 1.29 is 13.2 Å². The van der Waals surface area contributed by atoms with Gasteiger partial charge in [-0.15, -0.1) is 6.42 Å². The molecule has 0 bridgehead atoms. The Labute approximate surface area is 119 Å². The topological polar surface area (TPSA) is 80.2 Å². The van der Waals surface area contributed by atoms with E-state index in [2.05, 4.69) is 16.0 Å². The predicted octanol–water partition coefficient (Wildman–Crippen LogP) is 0.465. The molecule has 2 N–H and O–H groups in total. The van der Waals surface area contributed by atoms with E-state index in [1.165, 1.54) is 23.9 Å². The van der Waals surface area contributed by atoms with Gasteiger partial charge in [0.1, 0.15) is 10.6 Å². The van der Waals surface area contributed by atoms with Gasteiger partial charge in [0.15, 0.2) is 0 Å². The Hall–Kier alpha value is -1.78. The van der Waals surface area contributed by atoms with Crippen LogP contribution in [0.3, 0.4) is 0 Å². The van der Waals surface area contributed by atoms with Crippen molar-refractivity contribution in [3.63, 3.8) is 0 Å². The Morgan fingerprint density at radius 2 is 2.15 bits per heavy atom. The first-order chi connectivity index (χ1) is 9.19. The summed E-state index contributed by atoms with van der Waals surface area (Å²) < 4.78 is 28.5. The number of carbonyl (C=O) groups is 1. The van der Waals surface area contributed by atoms with Gasteiger partial charge in [0, 0.05) is 20.3 Å². The summed E-state index contributed by atoms with van der Waals surface area (Å²) in [4.78, 5) is 11.6. The quantitative estimate of drug-likeness (QED) is 0.775. The van der Waals surface area contributed by atoms with Gasteiger partial charge in [-0.1, -0.05) is 12.8 Å². The van der Waals surface area contributed by atoms with Gasteiger partial charge in [0.25, 0.3) is 5.91 Å². The largest absolute Gasteiger partial charge is 0.354 e. The number of terminal acetylenes is 1. The maximum atomic E-state index is 12.3. The molecule has 1 heterocycles. The third-order valence-corrected chi connectivity index (χ3v) is 4.70. The van der Waals surface area contributed by atoms with Crippen molar-refractivity contribution in [1.82, 2.24) is 14.6 Å². The number of sulfonamides is 1. The van der Waals surface area contributed by atoms with E-state index >= 15 is 0 Å². The van der Waals surface area contributed by atoms with Crippen molar-refractivity contribution in [3.8, 4) is 12.3 Å². The minimum atomic E-state index is -3.78. The molecule has 0 aromatic carbocycles. The Bertz CT molecular complexity index is 655. The maximum absolute atomic E-state index is 12.3. The Morgan fingerprint density at radius 3 is 2.60 bits per heavy atom. The number of carbonyl (C=O) groups excluding carboxylic acids is 1. The van der Waals surface area contributed by atoms with Gasteiger partial charge in [-0.05, 0) is 19.4 Å². The molecule has 1 aromatic heterocycles. The molecular formula is C13H19N3O3S. The lowest BCUT2D eigenvalue weighted by atomic mass is 10.0. The lowest BCUT2D eigenvalue weighted by molar-refractivity contribution is 0.0955. The second-order valence-corrected chi connectivity index (χ2v) is 6.37. The lowest BCUT2D eigenvalue weighted by Crippen LogP contribution is -2.44. The van der Waals surface area contributed by atoms with E-state index < -0.39 is 15.6 Å². The molecule has 0 saturated carbocycles. The Kier molecular flexibility index (Phi) is 4.63. The molecule has 1 atom stereocenters. The summed E-state index contributed by atoms with van der Waals surface area (Å²) in [7, 11) is -0.697. The SMILES string of the molecule is C#C[C@@](C)(CC)NS(=O)(=O)c1cc(C(=O)NC)n(C)c1. The standard InChI is InChI=1S/C13H19N3O3S/c1-6-13(3,7-2)15-20(18,19)10-8-11(12(17)14-4)16(5)9-10/h1,8-9,15H,7H2,2-5H3,(H,14,17)/t13-/m0/s1. The van der Waals surface area contributed by atoms with Gasteiger partial charge < -0.3 is 9.88 Å². The van der Waals surface area contributed by atoms with Crippen LogP contribution in [0.25, 0.3) is 0 Å². The molecule has 6 nitrogen and oxygen atoms in total. The second kappa shape index (κ2) is 5.69. The molecule has 0 spiro atoms. The molecular weight excluding hydrogens is 278 g/mol. The number of hydrogen-bond donors (Lipinski definition) is 2. The third kappa shape index (κ3) is 3.21. The molecule has 1 amide bonds. The first-order valence-corrected chi connectivity index (χ1v) is 7.57. The number of hydrogen-bond acceptors (Lipinski definition) is 3. The average Bonchev–Trinajstić information content (AvgIpc) is 2.80. The van der Waals surface area contributed by atoms with Crippen LogP contribution >= 0.6 is 0 Å². The highest BCUT2D eigenvalue weighted by atomic mass is 32.2. The van der Waals surface area contributed by atoms with E-state index in [4.69, 9.17) is 6.42 Å². The van der Waals surface area contributed by atoms with Crippen molar-refractivity contribution in [1.29, 1.82) is 0 Å². The second-order valence-electron chi connectivity index (χ2n) is 4.69. The normalized spacial score (nSPS) is 14.3. The fraction of sp³-hybridized carbons (Fsp3) is 0.462. The highest BCUT2D eigenvalue weighted by Gasteiger charge is 2.28. The molecule has 0 aliphatic heterocycles. The zero-order chi connectivity index (χ0) is 15.6. The van der Waals surface area contributed by atoms with E-state index in [-0.39, 0.29) is 16.5 Å². The minimum Gasteiger partial charge on any atom is -0.354 e. The van der Waals surface area contributed by atoms with E-state index in [9.17, 15) is 13.2 Å². The van der Waals surface area contributed by atoms with Crippen LogP contribution in [0.15, 0.2) is 17.2 Å². The highest BCUT2D eigenvalue weighted by Crippen LogP contribution is 2.17. The van der Waals surface area contributed by atoms with Gasteiger partial charge in [-0.3, -0.25) is 4.79 Å². The van der Waals surface area contributed by atoms with Crippen molar-refractivity contribution in [3.05, 3.63) is 18.0 Å². The van der Waals surface area contributed by atoms with Gasteiger partial charge in [-0.2, -0.15) is 4.72 Å². The molecule has 0 aliphatic carbocycles. The zero-order valence-corrected chi connectivity index (χ0v) is 12.8. The van der Waals surface area contributed by atoms with Crippen LogP contribution in [0.4, 0.5) is 0 Å². The van der Waals surface area contributed by atoms with Crippen LogP contribution in [-0.2, 0) is 17.1 Å². The molecule has 0 saturated heterocycles. The molecule has 1 aromatic rings. The van der Waals surface area contributed by atoms with E-state index in [0.717, 1.165) is 0 Å². The van der Waals surface area contributed by atoms with Crippen LogP contribution in [0.1, 0.15) is 30.8 Å². The molecule has 20 heavy (non-hydrogen) atoms. The van der Waals surface area contributed by atoms with Crippen molar-refractivity contribution >= 4 is 15.9 Å². The summed E-state index contributed by atoms with van der Waals surface area (Å²) in [5.41, 5.74) is -0.700. The number of nitrogens with one attached hydrogen (secondary N) is 2. The van der Waals surface area contributed by atoms with Crippen LogP contribution in [0, 0.1) is 12.3 Å². The van der Waals surface area contributed by atoms with Crippen LogP contribution < -0.4 is 10.0 Å². The van der Waals surface area contributed by atoms with E-state index in [0.29, 0.717) is 6.42 Å². The summed E-state index contributed by atoms with van der Waals surface area (Å²) in [6.45, 7) is 3.43. The summed E-state index contributed by atoms with van der Waals surface area (Å²) in [6, 6.07) is 1.31. The average molecular weight is 297 g/mol. The highest BCUT2D eigenvalue weighted by molar-refractivity contribution is 7.89. The smallest absolute Gasteiger partial charge is 0.267 e. The van der Waals surface area contributed by atoms with E-state index in [1.807, 2.05) is 0 Å². The third-order valence-electron chi connectivity index (χ3n) is 3.14. The Morgan fingerprint density at radius 1 is 1.55 bits per heavy atom. The van der Waals surface area contributed by atoms with Crippen molar-refractivity contribution in [2.45, 2.75) is 30.7 Å². The van der Waals surface area contributed by atoms with Crippen molar-refractivity contribution in [2.75, 3.05) is 7.05 Å². The van der Waals surface area contributed by atoms with Crippen molar-refractivity contribution in [2.24, 2.45) is 7.05 Å². The van der Waals surface area contributed by atoms with Crippen LogP contribution in [-0.4, -0.2) is 31.5 Å². The molecule has 0 radical (unpaired) electrons. The fourth-order valence-corrected chi connectivity index (χ4v) is 3.07. The van der Waals surface area contributed by atoms with Gasteiger partial charge >= 0.3 is 0 Å². The monoisotopic (exact) mass is 297 g/mol. The first-order valence-electron chi connectivity index (χ1n) is 6.09. The summed E-state index contributed by atoms with van der Waals surface area (Å²) in [6.07, 6.45) is 7.19. The van der Waals surface area contributed by atoms with E-state index in [1.54, 1.807) is 20.9 Å². The summed E-state index contributed by atoms with van der Waals surface area (Å²) in [5.74, 6) is 2.08. The molecule has 0 unspecified atom stereocenters. The molecule has 0 aliphatic rings. The fourth-order valence-electron chi connectivity index (χ4n) is 1.59. The maximum Gasteiger partial charge on any atom is 0.267 e. The number of rotatable bonds is 5. The zero-order valence-electron chi connectivity index (χ0n) is 12.0. The molecule has 1 rings (SSSR count). The predicted molar refractivity (Wildman–Crippen MR) is 76.7 cm³/mol. The Balaban J connectivity index is 3.19. The number of aryl methyl sites for hydroxylation is 1. The summed E-state index contributed by atoms with van der Waals surface area (Å²) in [5, 5.41) is 2.45. The number of amides is 1. The number of aromatic nitrogens is 1. The molecule has 110 valence electrons. The molecule has 7 heteroatoms. The number of nitrogens with zero attached hydrogens (tertiary/aromatic N) is 1.